The molecule has 2 heterocycles. The molecule has 1 aliphatic heterocycles. The molecule has 1 aromatic heterocycles. The van der Waals surface area contributed by atoms with Gasteiger partial charge in [0.25, 0.3) is 0 Å². The van der Waals surface area contributed by atoms with Gasteiger partial charge in [-0.2, -0.15) is 0 Å². The predicted molar refractivity (Wildman–Crippen MR) is 76.9 cm³/mol. The van der Waals surface area contributed by atoms with Gasteiger partial charge in [-0.25, -0.2) is 4.98 Å². The molecular weight excluding hydrogens is 260 g/mol. The number of benzene rings is 1. The summed E-state index contributed by atoms with van der Waals surface area (Å²) in [4.78, 5) is 4.32. The van der Waals surface area contributed by atoms with Gasteiger partial charge < -0.3 is 15.2 Å². The van der Waals surface area contributed by atoms with Gasteiger partial charge in [0.15, 0.2) is 16.6 Å². The van der Waals surface area contributed by atoms with Gasteiger partial charge in [-0.3, -0.25) is 0 Å². The third kappa shape index (κ3) is 2.14. The van der Waals surface area contributed by atoms with Crippen molar-refractivity contribution in [3.8, 4) is 22.8 Å². The van der Waals surface area contributed by atoms with Gasteiger partial charge in [0.2, 0.25) is 0 Å². The molecule has 0 aliphatic carbocycles. The van der Waals surface area contributed by atoms with Crippen LogP contribution < -0.4 is 15.2 Å². The van der Waals surface area contributed by atoms with E-state index in [4.69, 9.17) is 15.2 Å². The molecule has 5 heteroatoms. The Morgan fingerprint density at radius 2 is 2.21 bits per heavy atom. The second-order valence-corrected chi connectivity index (χ2v) is 6.17. The first-order valence-electron chi connectivity index (χ1n) is 6.10. The monoisotopic (exact) mass is 276 g/mol. The van der Waals surface area contributed by atoms with Crippen LogP contribution in [0, 0.1) is 0 Å². The van der Waals surface area contributed by atoms with Crippen LogP contribution in [0.5, 0.6) is 11.5 Å². The number of fused-ring (bicyclic) bond motifs is 1. The summed E-state index contributed by atoms with van der Waals surface area (Å²) >= 11 is 1.44. The van der Waals surface area contributed by atoms with Gasteiger partial charge >= 0.3 is 0 Å². The van der Waals surface area contributed by atoms with Gasteiger partial charge in [0.1, 0.15) is 5.60 Å². The summed E-state index contributed by atoms with van der Waals surface area (Å²) < 4.78 is 11.4. The van der Waals surface area contributed by atoms with Crippen molar-refractivity contribution in [1.82, 2.24) is 4.98 Å². The van der Waals surface area contributed by atoms with Crippen LogP contribution >= 0.6 is 11.3 Å². The molecule has 1 aromatic carbocycles. The fourth-order valence-corrected chi connectivity index (χ4v) is 2.97. The van der Waals surface area contributed by atoms with Crippen molar-refractivity contribution >= 4 is 16.5 Å². The van der Waals surface area contributed by atoms with Gasteiger partial charge in [0, 0.05) is 22.9 Å². The lowest BCUT2D eigenvalue weighted by atomic mass is 9.99. The van der Waals surface area contributed by atoms with E-state index in [9.17, 15) is 0 Å². The zero-order valence-corrected chi connectivity index (χ0v) is 12.0. The molecule has 2 N–H and O–H groups in total. The lowest BCUT2D eigenvalue weighted by Gasteiger charge is -2.17. The van der Waals surface area contributed by atoms with Crippen LogP contribution in [-0.2, 0) is 6.42 Å². The smallest absolute Gasteiger partial charge is 0.180 e. The first-order chi connectivity index (χ1) is 8.98. The van der Waals surface area contributed by atoms with E-state index < -0.39 is 0 Å². The molecule has 0 saturated carbocycles. The number of nitrogens with two attached hydrogens (primary N) is 1. The van der Waals surface area contributed by atoms with Gasteiger partial charge in [-0.1, -0.05) is 0 Å². The van der Waals surface area contributed by atoms with Crippen molar-refractivity contribution in [1.29, 1.82) is 0 Å². The van der Waals surface area contributed by atoms with Gasteiger partial charge in [0.05, 0.1) is 12.8 Å². The van der Waals surface area contributed by atoms with Crippen LogP contribution in [-0.4, -0.2) is 17.7 Å². The van der Waals surface area contributed by atoms with Crippen LogP contribution in [0.15, 0.2) is 17.5 Å². The number of hydrogen-bond donors (Lipinski definition) is 1. The minimum absolute atomic E-state index is 0.185. The van der Waals surface area contributed by atoms with Crippen LogP contribution in [0.25, 0.3) is 11.3 Å². The van der Waals surface area contributed by atoms with E-state index in [-0.39, 0.29) is 5.60 Å². The summed E-state index contributed by atoms with van der Waals surface area (Å²) in [5.41, 5.74) is 8.57. The number of ether oxygens (including phenoxy) is 2. The highest BCUT2D eigenvalue weighted by Gasteiger charge is 2.33. The highest BCUT2D eigenvalue weighted by atomic mass is 32.1. The molecule has 0 unspecified atom stereocenters. The number of hydrogen-bond acceptors (Lipinski definition) is 5. The Hall–Kier alpha value is -1.75. The van der Waals surface area contributed by atoms with Crippen LogP contribution in [0.1, 0.15) is 19.4 Å². The average molecular weight is 276 g/mol. The zero-order chi connectivity index (χ0) is 13.6. The molecule has 0 spiro atoms. The quantitative estimate of drug-likeness (QED) is 0.915. The molecule has 0 bridgehead atoms. The molecule has 3 rings (SSSR count). The van der Waals surface area contributed by atoms with E-state index in [1.807, 2.05) is 11.4 Å². The summed E-state index contributed by atoms with van der Waals surface area (Å²) in [5.74, 6) is 1.60. The summed E-state index contributed by atoms with van der Waals surface area (Å²) in [7, 11) is 1.66. The van der Waals surface area contributed by atoms with Crippen LogP contribution in [0.2, 0.25) is 0 Å². The van der Waals surface area contributed by atoms with E-state index in [2.05, 4.69) is 24.9 Å². The Kier molecular flexibility index (Phi) is 2.67. The predicted octanol–water partition coefficient (Wildman–Crippen LogP) is 3.11. The molecule has 0 radical (unpaired) electrons. The standard InChI is InChI=1S/C14H16N2O2S/c1-14(2)6-9-4-8(10-7-19-13(15)16-10)5-11(17-3)12(9)18-14/h4-5,7H,6H2,1-3H3,(H2,15,16). The number of nitrogens with zero attached hydrogens (tertiary/aromatic N) is 1. The van der Waals surface area contributed by atoms with E-state index in [1.54, 1.807) is 7.11 Å². The zero-order valence-electron chi connectivity index (χ0n) is 11.2. The lowest BCUT2D eigenvalue weighted by Crippen LogP contribution is -2.24. The third-order valence-corrected chi connectivity index (χ3v) is 3.84. The SMILES string of the molecule is COc1cc(-c2csc(N)n2)cc2c1OC(C)(C)C2. The van der Waals surface area contributed by atoms with Crippen LogP contribution in [0.4, 0.5) is 5.13 Å². The molecule has 0 atom stereocenters. The topological polar surface area (TPSA) is 57.4 Å². The fourth-order valence-electron chi connectivity index (χ4n) is 2.40. The minimum atomic E-state index is -0.185. The Labute approximate surface area is 116 Å². The Morgan fingerprint density at radius 3 is 2.84 bits per heavy atom. The van der Waals surface area contributed by atoms with E-state index in [0.29, 0.717) is 5.13 Å². The molecule has 19 heavy (non-hydrogen) atoms. The Balaban J connectivity index is 2.11. The molecule has 2 aromatic rings. The van der Waals surface area contributed by atoms with Crippen molar-refractivity contribution in [2.45, 2.75) is 25.9 Å². The summed E-state index contributed by atoms with van der Waals surface area (Å²) in [6.45, 7) is 4.15. The van der Waals surface area contributed by atoms with Gasteiger partial charge in [-0.05, 0) is 26.0 Å². The number of thiazole rings is 1. The lowest BCUT2D eigenvalue weighted by molar-refractivity contribution is 0.134. The van der Waals surface area contributed by atoms with E-state index >= 15 is 0 Å². The number of methoxy groups -OCH3 is 1. The minimum Gasteiger partial charge on any atom is -0.493 e. The molecule has 0 saturated heterocycles. The molecule has 0 amide bonds. The van der Waals surface area contributed by atoms with E-state index in [1.165, 1.54) is 11.3 Å². The number of anilines is 1. The number of aromatic nitrogens is 1. The Bertz CT molecular complexity index is 634. The van der Waals surface area contributed by atoms with Crippen molar-refractivity contribution in [3.63, 3.8) is 0 Å². The van der Waals surface area contributed by atoms with Crippen LogP contribution in [0.3, 0.4) is 0 Å². The van der Waals surface area contributed by atoms with Gasteiger partial charge in [-0.15, -0.1) is 11.3 Å². The second kappa shape index (κ2) is 4.13. The fraction of sp³-hybridized carbons (Fsp3) is 0.357. The Morgan fingerprint density at radius 1 is 1.42 bits per heavy atom. The summed E-state index contributed by atoms with van der Waals surface area (Å²) in [6.07, 6.45) is 0.867. The average Bonchev–Trinajstić information content (AvgIpc) is 2.89. The summed E-state index contributed by atoms with van der Waals surface area (Å²) in [6, 6.07) is 4.07. The number of nitrogen functional groups attached to an aromatic ring is 1. The first-order valence-corrected chi connectivity index (χ1v) is 6.98. The third-order valence-electron chi connectivity index (χ3n) is 3.16. The molecule has 0 fully saturated rings. The maximum atomic E-state index is 5.94. The first kappa shape index (κ1) is 12.3. The van der Waals surface area contributed by atoms with E-state index in [0.717, 1.165) is 34.7 Å². The van der Waals surface area contributed by atoms with Crippen molar-refractivity contribution in [3.05, 3.63) is 23.1 Å². The highest BCUT2D eigenvalue weighted by molar-refractivity contribution is 7.13. The molecule has 4 nitrogen and oxygen atoms in total. The van der Waals surface area contributed by atoms with Crippen molar-refractivity contribution < 1.29 is 9.47 Å². The number of rotatable bonds is 2. The van der Waals surface area contributed by atoms with Crippen molar-refractivity contribution in [2.24, 2.45) is 0 Å². The largest absolute Gasteiger partial charge is 0.493 e. The molecule has 1 aliphatic rings. The summed E-state index contributed by atoms with van der Waals surface area (Å²) in [5, 5.41) is 2.53. The second-order valence-electron chi connectivity index (χ2n) is 5.28. The molecular formula is C14H16N2O2S. The molecule has 100 valence electrons. The maximum Gasteiger partial charge on any atom is 0.180 e. The normalized spacial score (nSPS) is 15.9. The maximum absolute atomic E-state index is 5.94. The van der Waals surface area contributed by atoms with Crippen molar-refractivity contribution in [2.75, 3.05) is 12.8 Å². The highest BCUT2D eigenvalue weighted by Crippen LogP contribution is 2.44.